The fourth-order valence-corrected chi connectivity index (χ4v) is 1.82. The molecule has 0 saturated heterocycles. The number of urea groups is 1. The zero-order valence-corrected chi connectivity index (χ0v) is 11.6. The molecule has 0 aliphatic rings. The van der Waals surface area contributed by atoms with E-state index in [0.29, 0.717) is 11.5 Å². The van der Waals surface area contributed by atoms with E-state index in [9.17, 15) is 9.59 Å². The molecule has 0 bridgehead atoms. The first-order chi connectivity index (χ1) is 10.1. The number of hydrogen-bond acceptors (Lipinski definition) is 3. The SMILES string of the molecule is Cn1ccc(NC(=O)N(CCC(=O)O)c2ccccc2)n1. The fourth-order valence-electron chi connectivity index (χ4n) is 1.82. The molecule has 1 heterocycles. The van der Waals surface area contributed by atoms with Crippen LogP contribution in [0.2, 0.25) is 0 Å². The highest BCUT2D eigenvalue weighted by Crippen LogP contribution is 2.15. The highest BCUT2D eigenvalue weighted by molar-refractivity contribution is 6.01. The summed E-state index contributed by atoms with van der Waals surface area (Å²) in [4.78, 5) is 24.4. The first-order valence-corrected chi connectivity index (χ1v) is 6.41. The lowest BCUT2D eigenvalue weighted by Gasteiger charge is -2.21. The number of aliphatic carboxylic acids is 1. The molecule has 0 aliphatic carbocycles. The fraction of sp³-hybridized carbons (Fsp3) is 0.214. The van der Waals surface area contributed by atoms with Crippen molar-refractivity contribution in [3.05, 3.63) is 42.6 Å². The van der Waals surface area contributed by atoms with Crippen LogP contribution in [-0.4, -0.2) is 33.4 Å². The summed E-state index contributed by atoms with van der Waals surface area (Å²) in [5.74, 6) is -0.541. The van der Waals surface area contributed by atoms with Gasteiger partial charge in [-0.25, -0.2) is 4.79 Å². The van der Waals surface area contributed by atoms with E-state index < -0.39 is 12.0 Å². The lowest BCUT2D eigenvalue weighted by Crippen LogP contribution is -2.36. The topological polar surface area (TPSA) is 87.5 Å². The third kappa shape index (κ3) is 4.07. The van der Waals surface area contributed by atoms with Gasteiger partial charge in [0.2, 0.25) is 0 Å². The summed E-state index contributed by atoms with van der Waals surface area (Å²) in [5.41, 5.74) is 0.632. The minimum absolute atomic E-state index is 0.0814. The van der Waals surface area contributed by atoms with Crippen LogP contribution in [0.4, 0.5) is 16.3 Å². The standard InChI is InChI=1S/C14H16N4O3/c1-17-9-7-12(16-17)15-14(21)18(10-8-13(19)20)11-5-3-2-4-6-11/h2-7,9H,8,10H2,1H3,(H,19,20)(H,15,16,21). The van der Waals surface area contributed by atoms with Gasteiger partial charge in [0, 0.05) is 31.5 Å². The van der Waals surface area contributed by atoms with Gasteiger partial charge in [-0.1, -0.05) is 18.2 Å². The Balaban J connectivity index is 2.14. The third-order valence-electron chi connectivity index (χ3n) is 2.81. The minimum Gasteiger partial charge on any atom is -0.481 e. The Morgan fingerprint density at radius 3 is 2.57 bits per heavy atom. The van der Waals surface area contributed by atoms with Crippen molar-refractivity contribution >= 4 is 23.5 Å². The minimum atomic E-state index is -0.957. The molecule has 7 heteroatoms. The van der Waals surface area contributed by atoms with Crippen LogP contribution in [0.15, 0.2) is 42.6 Å². The van der Waals surface area contributed by atoms with Crippen LogP contribution < -0.4 is 10.2 Å². The monoisotopic (exact) mass is 288 g/mol. The summed E-state index contributed by atoms with van der Waals surface area (Å²) < 4.78 is 1.57. The molecule has 0 atom stereocenters. The van der Waals surface area contributed by atoms with Gasteiger partial charge in [0.05, 0.1) is 6.42 Å². The molecule has 0 aliphatic heterocycles. The molecule has 7 nitrogen and oxygen atoms in total. The summed E-state index contributed by atoms with van der Waals surface area (Å²) in [6, 6.07) is 10.2. The second kappa shape index (κ2) is 6.56. The molecule has 0 fully saturated rings. The number of aryl methyl sites for hydroxylation is 1. The Morgan fingerprint density at radius 1 is 1.29 bits per heavy atom. The molecule has 2 amide bonds. The molecular formula is C14H16N4O3. The zero-order chi connectivity index (χ0) is 15.2. The van der Waals surface area contributed by atoms with E-state index in [-0.39, 0.29) is 13.0 Å². The summed E-state index contributed by atoms with van der Waals surface area (Å²) >= 11 is 0. The first kappa shape index (κ1) is 14.6. The number of amides is 2. The summed E-state index contributed by atoms with van der Waals surface area (Å²) in [7, 11) is 1.75. The summed E-state index contributed by atoms with van der Waals surface area (Å²) in [6.07, 6.45) is 1.57. The highest BCUT2D eigenvalue weighted by atomic mass is 16.4. The first-order valence-electron chi connectivity index (χ1n) is 6.41. The van der Waals surface area contributed by atoms with E-state index in [4.69, 9.17) is 5.11 Å². The van der Waals surface area contributed by atoms with Crippen LogP contribution >= 0.6 is 0 Å². The molecule has 0 saturated carbocycles. The van der Waals surface area contributed by atoms with Gasteiger partial charge in [-0.15, -0.1) is 0 Å². The number of nitrogens with one attached hydrogen (secondary N) is 1. The van der Waals surface area contributed by atoms with E-state index in [1.54, 1.807) is 48.3 Å². The molecule has 1 aromatic carbocycles. The Kier molecular flexibility index (Phi) is 4.55. The number of carboxylic acid groups (broad SMARTS) is 1. The number of carbonyl (C=O) groups is 2. The Bertz CT molecular complexity index is 624. The number of anilines is 2. The number of carboxylic acids is 1. The van der Waals surface area contributed by atoms with Crippen LogP contribution in [0.5, 0.6) is 0 Å². The predicted molar refractivity (Wildman–Crippen MR) is 78.3 cm³/mol. The maximum absolute atomic E-state index is 12.3. The number of nitrogens with zero attached hydrogens (tertiary/aromatic N) is 3. The average molecular weight is 288 g/mol. The van der Waals surface area contributed by atoms with E-state index in [2.05, 4.69) is 10.4 Å². The van der Waals surface area contributed by atoms with Crippen LogP contribution in [0, 0.1) is 0 Å². The molecule has 2 rings (SSSR count). The third-order valence-corrected chi connectivity index (χ3v) is 2.81. The Morgan fingerprint density at radius 2 is 2.00 bits per heavy atom. The van der Waals surface area contributed by atoms with E-state index >= 15 is 0 Å². The molecule has 2 N–H and O–H groups in total. The van der Waals surface area contributed by atoms with Gasteiger partial charge in [-0.05, 0) is 12.1 Å². The van der Waals surface area contributed by atoms with E-state index in [0.717, 1.165) is 0 Å². The van der Waals surface area contributed by atoms with Crippen molar-refractivity contribution in [1.29, 1.82) is 0 Å². The smallest absolute Gasteiger partial charge is 0.327 e. The number of hydrogen-bond donors (Lipinski definition) is 2. The lowest BCUT2D eigenvalue weighted by atomic mass is 10.3. The van der Waals surface area contributed by atoms with Gasteiger partial charge >= 0.3 is 12.0 Å². The van der Waals surface area contributed by atoms with Gasteiger partial charge in [0.15, 0.2) is 5.82 Å². The summed E-state index contributed by atoms with van der Waals surface area (Å²) in [5, 5.41) is 15.5. The van der Waals surface area contributed by atoms with Crippen molar-refractivity contribution in [3.63, 3.8) is 0 Å². The molecule has 21 heavy (non-hydrogen) atoms. The number of para-hydroxylation sites is 1. The quantitative estimate of drug-likeness (QED) is 0.880. The highest BCUT2D eigenvalue weighted by Gasteiger charge is 2.17. The molecule has 2 aromatic rings. The number of rotatable bonds is 5. The maximum Gasteiger partial charge on any atom is 0.327 e. The molecule has 110 valence electrons. The number of aromatic nitrogens is 2. The van der Waals surface area contributed by atoms with Gasteiger partial charge in [0.1, 0.15) is 0 Å². The van der Waals surface area contributed by atoms with Crippen molar-refractivity contribution < 1.29 is 14.7 Å². The van der Waals surface area contributed by atoms with Crippen molar-refractivity contribution in [1.82, 2.24) is 9.78 Å². The maximum atomic E-state index is 12.3. The average Bonchev–Trinajstić information content (AvgIpc) is 2.85. The van der Waals surface area contributed by atoms with Crippen LogP contribution in [0.25, 0.3) is 0 Å². The van der Waals surface area contributed by atoms with Crippen molar-refractivity contribution in [2.45, 2.75) is 6.42 Å². The number of carbonyl (C=O) groups excluding carboxylic acids is 1. The second-order valence-electron chi connectivity index (χ2n) is 4.44. The van der Waals surface area contributed by atoms with Gasteiger partial charge in [-0.3, -0.25) is 19.7 Å². The molecule has 0 unspecified atom stereocenters. The van der Waals surface area contributed by atoms with E-state index in [1.807, 2.05) is 6.07 Å². The molecular weight excluding hydrogens is 272 g/mol. The second-order valence-corrected chi connectivity index (χ2v) is 4.44. The van der Waals surface area contributed by atoms with Crippen molar-refractivity contribution in [3.8, 4) is 0 Å². The Hall–Kier alpha value is -2.83. The predicted octanol–water partition coefficient (Wildman–Crippen LogP) is 1.93. The van der Waals surface area contributed by atoms with Gasteiger partial charge < -0.3 is 5.11 Å². The normalized spacial score (nSPS) is 10.1. The lowest BCUT2D eigenvalue weighted by molar-refractivity contribution is -0.136. The van der Waals surface area contributed by atoms with Crippen molar-refractivity contribution in [2.24, 2.45) is 7.05 Å². The van der Waals surface area contributed by atoms with Gasteiger partial charge in [-0.2, -0.15) is 5.10 Å². The van der Waals surface area contributed by atoms with Gasteiger partial charge in [0.25, 0.3) is 0 Å². The van der Waals surface area contributed by atoms with Crippen LogP contribution in [0.1, 0.15) is 6.42 Å². The van der Waals surface area contributed by atoms with Crippen LogP contribution in [0.3, 0.4) is 0 Å². The summed E-state index contributed by atoms with van der Waals surface area (Å²) in [6.45, 7) is 0.0814. The van der Waals surface area contributed by atoms with Crippen molar-refractivity contribution in [2.75, 3.05) is 16.8 Å². The molecule has 1 aromatic heterocycles. The largest absolute Gasteiger partial charge is 0.481 e. The van der Waals surface area contributed by atoms with Crippen LogP contribution in [-0.2, 0) is 11.8 Å². The Labute approximate surface area is 121 Å². The zero-order valence-electron chi connectivity index (χ0n) is 11.6. The molecule has 0 spiro atoms. The number of benzene rings is 1. The van der Waals surface area contributed by atoms with E-state index in [1.165, 1.54) is 4.90 Å². The molecule has 0 radical (unpaired) electrons.